The largest absolute Gasteiger partial charge is 0.0813 e. The molecule has 0 fully saturated rings. The summed E-state index contributed by atoms with van der Waals surface area (Å²) in [5.74, 6) is 2.24. The van der Waals surface area contributed by atoms with Gasteiger partial charge in [-0.3, -0.25) is 0 Å². The Bertz CT molecular complexity index is 354. The van der Waals surface area contributed by atoms with Gasteiger partial charge in [-0.15, -0.1) is 0 Å². The molecule has 16 heavy (non-hydrogen) atoms. The maximum atomic E-state index is 2.43. The molecule has 0 amide bonds. The molecule has 0 nitrogen and oxygen atoms in total. The molecule has 0 saturated carbocycles. The highest BCUT2D eigenvalue weighted by Crippen LogP contribution is 2.37. The number of rotatable bonds is 1. The van der Waals surface area contributed by atoms with Crippen molar-refractivity contribution >= 4 is 0 Å². The quantitative estimate of drug-likeness (QED) is 0.594. The first-order valence-electron chi connectivity index (χ1n) is 6.44. The second-order valence-corrected chi connectivity index (χ2v) is 5.59. The molecule has 3 atom stereocenters. The van der Waals surface area contributed by atoms with E-state index in [1.165, 1.54) is 18.4 Å². The molecule has 2 aliphatic rings. The molecule has 0 heterocycles. The SMILES string of the molecule is CC1=C[CH]C(C2C=CC(C)=C(C)C2)CC1C. The zero-order valence-corrected chi connectivity index (χ0v) is 11.0. The van der Waals surface area contributed by atoms with Gasteiger partial charge in [-0.25, -0.2) is 0 Å². The third-order valence-electron chi connectivity index (χ3n) is 4.37. The standard InChI is InChI=1S/C16H23/c1-11-5-7-15(9-13(11)3)16-8-6-12(2)14(4)10-16/h5-8,13,15-16H,9-10H2,1-4H3. The summed E-state index contributed by atoms with van der Waals surface area (Å²) >= 11 is 0. The smallest absolute Gasteiger partial charge is 0.0131 e. The van der Waals surface area contributed by atoms with Crippen LogP contribution in [0.4, 0.5) is 0 Å². The van der Waals surface area contributed by atoms with Crippen LogP contribution in [-0.2, 0) is 0 Å². The van der Waals surface area contributed by atoms with E-state index in [0.29, 0.717) is 0 Å². The van der Waals surface area contributed by atoms with E-state index in [-0.39, 0.29) is 0 Å². The van der Waals surface area contributed by atoms with Crippen LogP contribution in [0.2, 0.25) is 0 Å². The summed E-state index contributed by atoms with van der Waals surface area (Å²) in [6.07, 6.45) is 12.1. The molecular weight excluding hydrogens is 192 g/mol. The lowest BCUT2D eigenvalue weighted by Crippen LogP contribution is -2.21. The fraction of sp³-hybridized carbons (Fsp3) is 0.562. The van der Waals surface area contributed by atoms with Crippen molar-refractivity contribution in [1.82, 2.24) is 0 Å². The Morgan fingerprint density at radius 2 is 1.88 bits per heavy atom. The molecule has 0 aromatic heterocycles. The minimum Gasteiger partial charge on any atom is -0.0813 e. The monoisotopic (exact) mass is 215 g/mol. The van der Waals surface area contributed by atoms with Gasteiger partial charge < -0.3 is 0 Å². The Labute approximate surface area is 100 Å². The normalized spacial score (nSPS) is 35.2. The highest BCUT2D eigenvalue weighted by Gasteiger charge is 2.26. The second-order valence-electron chi connectivity index (χ2n) is 5.59. The van der Waals surface area contributed by atoms with E-state index in [0.717, 1.165) is 17.8 Å². The maximum Gasteiger partial charge on any atom is -0.0131 e. The summed E-state index contributed by atoms with van der Waals surface area (Å²) in [4.78, 5) is 0. The third kappa shape index (κ3) is 2.31. The third-order valence-corrected chi connectivity index (χ3v) is 4.37. The van der Waals surface area contributed by atoms with E-state index in [2.05, 4.69) is 52.3 Å². The van der Waals surface area contributed by atoms with Crippen molar-refractivity contribution in [1.29, 1.82) is 0 Å². The van der Waals surface area contributed by atoms with Crippen LogP contribution in [0.5, 0.6) is 0 Å². The van der Waals surface area contributed by atoms with Crippen LogP contribution >= 0.6 is 0 Å². The molecule has 3 unspecified atom stereocenters. The molecule has 1 radical (unpaired) electrons. The number of hydrogen-bond acceptors (Lipinski definition) is 0. The molecule has 0 saturated heterocycles. The van der Waals surface area contributed by atoms with E-state index in [9.17, 15) is 0 Å². The van der Waals surface area contributed by atoms with Crippen molar-refractivity contribution in [3.05, 3.63) is 41.4 Å². The Morgan fingerprint density at radius 3 is 2.50 bits per heavy atom. The molecule has 0 N–H and O–H groups in total. The summed E-state index contributed by atoms with van der Waals surface area (Å²) in [5.41, 5.74) is 4.58. The lowest BCUT2D eigenvalue weighted by Gasteiger charge is -2.32. The highest BCUT2D eigenvalue weighted by molar-refractivity contribution is 5.29. The molecule has 0 aromatic rings. The van der Waals surface area contributed by atoms with Crippen molar-refractivity contribution in [2.75, 3.05) is 0 Å². The predicted octanol–water partition coefficient (Wildman–Crippen LogP) is 4.71. The van der Waals surface area contributed by atoms with Crippen molar-refractivity contribution in [3.63, 3.8) is 0 Å². The Morgan fingerprint density at radius 1 is 1.12 bits per heavy atom. The minimum atomic E-state index is 0.732. The maximum absolute atomic E-state index is 2.43. The Balaban J connectivity index is 2.04. The van der Waals surface area contributed by atoms with Crippen molar-refractivity contribution in [2.45, 2.75) is 40.5 Å². The number of hydrogen-bond donors (Lipinski definition) is 0. The lowest BCUT2D eigenvalue weighted by atomic mass is 9.73. The first-order chi connectivity index (χ1) is 7.58. The Hall–Kier alpha value is -0.780. The van der Waals surface area contributed by atoms with Crippen LogP contribution < -0.4 is 0 Å². The molecular formula is C16H23. The highest BCUT2D eigenvalue weighted by atomic mass is 14.3. The molecule has 0 aliphatic heterocycles. The Kier molecular flexibility index (Phi) is 3.37. The fourth-order valence-corrected chi connectivity index (χ4v) is 2.72. The van der Waals surface area contributed by atoms with Gasteiger partial charge in [0.05, 0.1) is 0 Å². The molecule has 87 valence electrons. The summed E-state index contributed by atoms with van der Waals surface area (Å²) in [6.45, 7) is 9.11. The summed E-state index contributed by atoms with van der Waals surface area (Å²) in [7, 11) is 0. The minimum absolute atomic E-state index is 0.732. The van der Waals surface area contributed by atoms with Gasteiger partial charge >= 0.3 is 0 Å². The van der Waals surface area contributed by atoms with Gasteiger partial charge in [0.15, 0.2) is 0 Å². The summed E-state index contributed by atoms with van der Waals surface area (Å²) in [6, 6.07) is 0. The summed E-state index contributed by atoms with van der Waals surface area (Å²) < 4.78 is 0. The van der Waals surface area contributed by atoms with E-state index >= 15 is 0 Å². The molecule has 0 heteroatoms. The van der Waals surface area contributed by atoms with Gasteiger partial charge in [-0.2, -0.15) is 0 Å². The van der Waals surface area contributed by atoms with Crippen LogP contribution in [0.3, 0.4) is 0 Å². The van der Waals surface area contributed by atoms with Gasteiger partial charge in [0.2, 0.25) is 0 Å². The van der Waals surface area contributed by atoms with Gasteiger partial charge in [0.1, 0.15) is 0 Å². The molecule has 0 spiro atoms. The fourth-order valence-electron chi connectivity index (χ4n) is 2.72. The zero-order valence-electron chi connectivity index (χ0n) is 11.0. The molecule has 0 bridgehead atoms. The van der Waals surface area contributed by atoms with Crippen molar-refractivity contribution < 1.29 is 0 Å². The van der Waals surface area contributed by atoms with E-state index < -0.39 is 0 Å². The second kappa shape index (κ2) is 4.61. The molecule has 2 aliphatic carbocycles. The van der Waals surface area contributed by atoms with Crippen LogP contribution in [0, 0.1) is 24.2 Å². The van der Waals surface area contributed by atoms with E-state index in [1.54, 1.807) is 11.1 Å². The average molecular weight is 215 g/mol. The molecule has 2 rings (SSSR count). The van der Waals surface area contributed by atoms with Gasteiger partial charge in [0, 0.05) is 0 Å². The topological polar surface area (TPSA) is 0 Å². The van der Waals surface area contributed by atoms with Crippen molar-refractivity contribution in [2.24, 2.45) is 17.8 Å². The predicted molar refractivity (Wildman–Crippen MR) is 70.9 cm³/mol. The van der Waals surface area contributed by atoms with E-state index in [1.807, 2.05) is 0 Å². The van der Waals surface area contributed by atoms with Gasteiger partial charge in [-0.05, 0) is 57.8 Å². The van der Waals surface area contributed by atoms with Gasteiger partial charge in [-0.1, -0.05) is 41.9 Å². The average Bonchev–Trinajstić information content (AvgIpc) is 2.26. The van der Waals surface area contributed by atoms with E-state index in [4.69, 9.17) is 0 Å². The lowest BCUT2D eigenvalue weighted by molar-refractivity contribution is 0.363. The van der Waals surface area contributed by atoms with Crippen molar-refractivity contribution in [3.8, 4) is 0 Å². The van der Waals surface area contributed by atoms with Crippen LogP contribution in [-0.4, -0.2) is 0 Å². The number of allylic oxidation sites excluding steroid dienone is 6. The zero-order chi connectivity index (χ0) is 11.7. The molecule has 0 aromatic carbocycles. The van der Waals surface area contributed by atoms with Gasteiger partial charge in [0.25, 0.3) is 0 Å². The first-order valence-corrected chi connectivity index (χ1v) is 6.44. The van der Waals surface area contributed by atoms with Crippen LogP contribution in [0.25, 0.3) is 0 Å². The summed E-state index contributed by atoms with van der Waals surface area (Å²) in [5, 5.41) is 0. The van der Waals surface area contributed by atoms with Crippen LogP contribution in [0.1, 0.15) is 40.5 Å². The first kappa shape index (κ1) is 11.7. The van der Waals surface area contributed by atoms with Crippen LogP contribution in [0.15, 0.2) is 34.9 Å².